The van der Waals surface area contributed by atoms with Crippen molar-refractivity contribution in [3.63, 3.8) is 0 Å². The summed E-state index contributed by atoms with van der Waals surface area (Å²) in [6.45, 7) is 4.38. The first-order valence-electron chi connectivity index (χ1n) is 18.2. The fraction of sp³-hybridized carbons (Fsp3) is 0.0588. The van der Waals surface area contributed by atoms with Crippen molar-refractivity contribution >= 4 is 16.8 Å². The molecule has 0 fully saturated rings. The lowest BCUT2D eigenvalue weighted by atomic mass is 9.68. The topological polar surface area (TPSA) is 9.23 Å². The van der Waals surface area contributed by atoms with Gasteiger partial charge < -0.3 is 4.74 Å². The predicted octanol–water partition coefficient (Wildman–Crippen LogP) is 13.6. The molecule has 1 heteroatoms. The third-order valence-electron chi connectivity index (χ3n) is 11.7. The molecule has 0 aromatic heterocycles. The van der Waals surface area contributed by atoms with Crippen molar-refractivity contribution in [2.24, 2.45) is 0 Å². The van der Waals surface area contributed by atoms with Crippen LogP contribution in [0.2, 0.25) is 0 Å². The van der Waals surface area contributed by atoms with Crippen LogP contribution < -0.4 is 4.74 Å². The summed E-state index contributed by atoms with van der Waals surface area (Å²) >= 11 is 0. The molecule has 0 bridgehead atoms. The molecule has 244 valence electrons. The zero-order valence-corrected chi connectivity index (χ0v) is 29.1. The van der Waals surface area contributed by atoms with E-state index in [2.05, 4.69) is 178 Å². The first-order valence-corrected chi connectivity index (χ1v) is 18.2. The standard InChI is InChI=1S/C51H34O/c1-3-13-34-31(2)26-27-41-37-16-4-7-22-43(37)51(50(34)41)44-23-8-5-18-42(44)48-36(19-12-24-45(48)51)33-15-10-14-32(30-33)35-28-29-47-49-39(35)20-11-21-40(49)38-17-6-9-25-46(38)52-47/h3-30H,1-2H3/b13-3-. The molecule has 52 heavy (non-hydrogen) atoms. The maximum Gasteiger partial charge on any atom is 0.135 e. The van der Waals surface area contributed by atoms with Crippen molar-refractivity contribution in [2.75, 3.05) is 0 Å². The van der Waals surface area contributed by atoms with E-state index in [1.165, 1.54) is 94.2 Å². The first kappa shape index (κ1) is 29.3. The van der Waals surface area contributed by atoms with Gasteiger partial charge in [0, 0.05) is 10.9 Å². The number of fused-ring (bicyclic) bond motifs is 12. The minimum absolute atomic E-state index is 0.418. The monoisotopic (exact) mass is 662 g/mol. The van der Waals surface area contributed by atoms with Crippen LogP contribution in [-0.2, 0) is 5.41 Å². The number of benzene rings is 8. The van der Waals surface area contributed by atoms with E-state index >= 15 is 0 Å². The summed E-state index contributed by atoms with van der Waals surface area (Å²) in [5, 5.41) is 2.38. The predicted molar refractivity (Wildman–Crippen MR) is 216 cm³/mol. The summed E-state index contributed by atoms with van der Waals surface area (Å²) < 4.78 is 6.44. The summed E-state index contributed by atoms with van der Waals surface area (Å²) in [6, 6.07) is 58.3. The molecule has 8 aromatic carbocycles. The molecule has 1 spiro atoms. The third kappa shape index (κ3) is 3.72. The summed E-state index contributed by atoms with van der Waals surface area (Å²) in [4.78, 5) is 0. The molecule has 0 saturated carbocycles. The molecule has 1 heterocycles. The Balaban J connectivity index is 1.16. The van der Waals surface area contributed by atoms with Crippen LogP contribution in [0.1, 0.15) is 40.3 Å². The second-order valence-electron chi connectivity index (χ2n) is 14.3. The summed E-state index contributed by atoms with van der Waals surface area (Å²) in [5.74, 6) is 1.82. The van der Waals surface area contributed by atoms with Crippen molar-refractivity contribution in [3.8, 4) is 67.1 Å². The fourth-order valence-corrected chi connectivity index (χ4v) is 9.73. The molecule has 0 N–H and O–H groups in total. The van der Waals surface area contributed by atoms with Gasteiger partial charge in [0.1, 0.15) is 11.5 Å². The van der Waals surface area contributed by atoms with Gasteiger partial charge in [-0.05, 0) is 121 Å². The van der Waals surface area contributed by atoms with Crippen LogP contribution in [0.25, 0.3) is 72.5 Å². The van der Waals surface area contributed by atoms with E-state index in [4.69, 9.17) is 4.74 Å². The summed E-state index contributed by atoms with van der Waals surface area (Å²) in [6.07, 6.45) is 4.51. The largest absolute Gasteiger partial charge is 0.456 e. The smallest absolute Gasteiger partial charge is 0.135 e. The second-order valence-corrected chi connectivity index (χ2v) is 14.3. The minimum atomic E-state index is -0.418. The zero-order valence-electron chi connectivity index (χ0n) is 29.1. The van der Waals surface area contributed by atoms with Crippen molar-refractivity contribution in [1.82, 2.24) is 0 Å². The zero-order chi connectivity index (χ0) is 34.6. The highest BCUT2D eigenvalue weighted by Gasteiger charge is 2.53. The Morgan fingerprint density at radius 2 is 1.12 bits per heavy atom. The van der Waals surface area contributed by atoms with Gasteiger partial charge in [0.05, 0.1) is 5.41 Å². The van der Waals surface area contributed by atoms with Crippen LogP contribution >= 0.6 is 0 Å². The lowest BCUT2D eigenvalue weighted by Crippen LogP contribution is -2.27. The molecule has 1 unspecified atom stereocenters. The van der Waals surface area contributed by atoms with Gasteiger partial charge in [-0.25, -0.2) is 0 Å². The van der Waals surface area contributed by atoms with Gasteiger partial charge in [0.15, 0.2) is 0 Å². The highest BCUT2D eigenvalue weighted by Crippen LogP contribution is 2.65. The van der Waals surface area contributed by atoms with Crippen LogP contribution in [0, 0.1) is 6.92 Å². The van der Waals surface area contributed by atoms with E-state index in [-0.39, 0.29) is 0 Å². The summed E-state index contributed by atoms with van der Waals surface area (Å²) in [7, 11) is 0. The van der Waals surface area contributed by atoms with E-state index in [9.17, 15) is 0 Å². The van der Waals surface area contributed by atoms with Crippen LogP contribution in [0.4, 0.5) is 0 Å². The Morgan fingerprint density at radius 3 is 1.96 bits per heavy atom. The van der Waals surface area contributed by atoms with Crippen LogP contribution in [-0.4, -0.2) is 0 Å². The molecular weight excluding hydrogens is 629 g/mol. The van der Waals surface area contributed by atoms with E-state index in [1.807, 2.05) is 6.07 Å². The van der Waals surface area contributed by atoms with Gasteiger partial charge in [0.25, 0.3) is 0 Å². The van der Waals surface area contributed by atoms with E-state index < -0.39 is 5.41 Å². The van der Waals surface area contributed by atoms with Gasteiger partial charge >= 0.3 is 0 Å². The Kier molecular flexibility index (Phi) is 6.08. The van der Waals surface area contributed by atoms with E-state index in [1.54, 1.807) is 0 Å². The molecule has 2 aliphatic carbocycles. The molecule has 1 nitrogen and oxygen atoms in total. The number of hydrogen-bond acceptors (Lipinski definition) is 1. The van der Waals surface area contributed by atoms with Gasteiger partial charge in [-0.2, -0.15) is 0 Å². The minimum Gasteiger partial charge on any atom is -0.456 e. The maximum absolute atomic E-state index is 6.44. The number of allylic oxidation sites excluding steroid dienone is 1. The van der Waals surface area contributed by atoms with Crippen molar-refractivity contribution in [2.45, 2.75) is 19.3 Å². The molecule has 8 aromatic rings. The SMILES string of the molecule is C/C=C\c1c(C)ccc2c1C1(c3ccccc3-2)c2ccccc2-c2c(-c3cccc(-c4ccc5c6c(cccc46)-c4ccccc4O5)c3)cccc21. The molecule has 1 atom stereocenters. The van der Waals surface area contributed by atoms with Crippen molar-refractivity contribution in [3.05, 3.63) is 197 Å². The number of para-hydroxylation sites is 1. The normalized spacial score (nSPS) is 15.7. The Labute approximate surface area is 304 Å². The number of ether oxygens (including phenoxy) is 1. The average Bonchev–Trinajstić information content (AvgIpc) is 3.67. The molecule has 11 rings (SSSR count). The molecule has 0 radical (unpaired) electrons. The molecule has 0 amide bonds. The molecule has 1 aliphatic heterocycles. The lowest BCUT2D eigenvalue weighted by molar-refractivity contribution is 0.487. The Hall–Kier alpha value is -6.44. The van der Waals surface area contributed by atoms with Crippen LogP contribution in [0.5, 0.6) is 11.5 Å². The fourth-order valence-electron chi connectivity index (χ4n) is 9.73. The number of hydrogen-bond donors (Lipinski definition) is 0. The maximum atomic E-state index is 6.44. The molecular formula is C51H34O. The highest BCUT2D eigenvalue weighted by atomic mass is 16.5. The van der Waals surface area contributed by atoms with Crippen molar-refractivity contribution < 1.29 is 4.74 Å². The highest BCUT2D eigenvalue weighted by molar-refractivity contribution is 6.10. The lowest BCUT2D eigenvalue weighted by Gasteiger charge is -2.32. The van der Waals surface area contributed by atoms with Gasteiger partial charge in [-0.15, -0.1) is 0 Å². The Bertz CT molecular complexity index is 2850. The van der Waals surface area contributed by atoms with Crippen LogP contribution in [0.15, 0.2) is 164 Å². The quantitative estimate of drug-likeness (QED) is 0.183. The van der Waals surface area contributed by atoms with Crippen LogP contribution in [0.3, 0.4) is 0 Å². The Morgan fingerprint density at radius 1 is 0.481 bits per heavy atom. The second kappa shape index (κ2) is 10.8. The van der Waals surface area contributed by atoms with Gasteiger partial charge in [0.2, 0.25) is 0 Å². The number of rotatable bonds is 3. The van der Waals surface area contributed by atoms with E-state index in [0.717, 1.165) is 17.1 Å². The third-order valence-corrected chi connectivity index (χ3v) is 11.7. The van der Waals surface area contributed by atoms with Gasteiger partial charge in [-0.1, -0.05) is 152 Å². The van der Waals surface area contributed by atoms with Crippen molar-refractivity contribution in [1.29, 1.82) is 0 Å². The molecule has 0 saturated heterocycles. The first-order chi connectivity index (χ1) is 25.7. The van der Waals surface area contributed by atoms with E-state index in [0.29, 0.717) is 0 Å². The molecule has 3 aliphatic rings. The number of aryl methyl sites for hydroxylation is 1. The average molecular weight is 663 g/mol. The van der Waals surface area contributed by atoms with Gasteiger partial charge in [-0.3, -0.25) is 0 Å². The summed E-state index contributed by atoms with van der Waals surface area (Å²) in [5.41, 5.74) is 20.2.